The fraction of sp³-hybridized carbons (Fsp3) is 0.500. The first-order chi connectivity index (χ1) is 9.72. The number of hydrogen-bond donors (Lipinski definition) is 2. The van der Waals surface area contributed by atoms with E-state index in [2.05, 4.69) is 34.9 Å². The molecule has 1 aliphatic carbocycles. The lowest BCUT2D eigenvalue weighted by Gasteiger charge is -2.28. The maximum absolute atomic E-state index is 12.2. The molecule has 2 unspecified atom stereocenters. The average Bonchev–Trinajstić information content (AvgIpc) is 2.48. The lowest BCUT2D eigenvalue weighted by Crippen LogP contribution is -2.47. The standard InChI is InChI=1S/C16H20N2O2/c19-15-8-6-13(10-17-15)16(20)18-14-7-5-11-3-1-2-4-12(11)9-14/h1-4,13-14H,5-10H2,(H,17,19)(H,18,20). The summed E-state index contributed by atoms with van der Waals surface area (Å²) in [6, 6.07) is 8.68. The van der Waals surface area contributed by atoms with E-state index in [1.54, 1.807) is 0 Å². The number of aryl methyl sites for hydroxylation is 1. The fourth-order valence-corrected chi connectivity index (χ4v) is 3.10. The second-order valence-corrected chi connectivity index (χ2v) is 5.76. The lowest BCUT2D eigenvalue weighted by atomic mass is 9.88. The van der Waals surface area contributed by atoms with Crippen LogP contribution in [0.1, 0.15) is 30.4 Å². The van der Waals surface area contributed by atoms with Crippen molar-refractivity contribution in [2.45, 2.75) is 38.1 Å². The van der Waals surface area contributed by atoms with E-state index in [0.29, 0.717) is 19.4 Å². The van der Waals surface area contributed by atoms with Gasteiger partial charge in [0.25, 0.3) is 0 Å². The van der Waals surface area contributed by atoms with Gasteiger partial charge in [-0.15, -0.1) is 0 Å². The largest absolute Gasteiger partial charge is 0.355 e. The minimum Gasteiger partial charge on any atom is -0.355 e. The molecular formula is C16H20N2O2. The van der Waals surface area contributed by atoms with Crippen LogP contribution in [0.15, 0.2) is 24.3 Å². The van der Waals surface area contributed by atoms with E-state index >= 15 is 0 Å². The van der Waals surface area contributed by atoms with Gasteiger partial charge in [0.1, 0.15) is 0 Å². The first-order valence-electron chi connectivity index (χ1n) is 7.36. The van der Waals surface area contributed by atoms with Gasteiger partial charge in [-0.1, -0.05) is 24.3 Å². The van der Waals surface area contributed by atoms with Gasteiger partial charge in [-0.2, -0.15) is 0 Å². The summed E-state index contributed by atoms with van der Waals surface area (Å²) in [5, 5.41) is 5.92. The zero-order valence-electron chi connectivity index (χ0n) is 11.5. The number of carbonyl (C=O) groups excluding carboxylic acids is 2. The Hall–Kier alpha value is -1.84. The first kappa shape index (κ1) is 13.2. The van der Waals surface area contributed by atoms with Crippen molar-refractivity contribution in [1.29, 1.82) is 0 Å². The molecule has 2 amide bonds. The number of benzene rings is 1. The van der Waals surface area contributed by atoms with Crippen molar-refractivity contribution in [2.24, 2.45) is 5.92 Å². The minimum absolute atomic E-state index is 0.0562. The summed E-state index contributed by atoms with van der Waals surface area (Å²) < 4.78 is 0. The molecule has 1 saturated heterocycles. The van der Waals surface area contributed by atoms with Crippen LogP contribution in [0.5, 0.6) is 0 Å². The summed E-state index contributed by atoms with van der Waals surface area (Å²) in [6.45, 7) is 0.480. The summed E-state index contributed by atoms with van der Waals surface area (Å²) in [7, 11) is 0. The number of rotatable bonds is 2. The summed E-state index contributed by atoms with van der Waals surface area (Å²) in [5.74, 6) is 0.0832. The Morgan fingerprint density at radius 3 is 2.70 bits per heavy atom. The summed E-state index contributed by atoms with van der Waals surface area (Å²) in [5.41, 5.74) is 2.75. The highest BCUT2D eigenvalue weighted by atomic mass is 16.2. The van der Waals surface area contributed by atoms with Crippen molar-refractivity contribution in [1.82, 2.24) is 10.6 Å². The molecule has 4 heteroatoms. The van der Waals surface area contributed by atoms with Gasteiger partial charge in [0.15, 0.2) is 0 Å². The summed E-state index contributed by atoms with van der Waals surface area (Å²) in [6.07, 6.45) is 4.08. The quantitative estimate of drug-likeness (QED) is 0.849. The SMILES string of the molecule is O=C1CCC(C(=O)NC2CCc3ccccc3C2)CN1. The second kappa shape index (κ2) is 5.65. The maximum Gasteiger partial charge on any atom is 0.225 e. The monoisotopic (exact) mass is 272 g/mol. The number of amides is 2. The normalized spacial score (nSPS) is 25.5. The van der Waals surface area contributed by atoms with Crippen molar-refractivity contribution in [3.8, 4) is 0 Å². The van der Waals surface area contributed by atoms with E-state index in [9.17, 15) is 9.59 Å². The molecule has 1 fully saturated rings. The molecule has 4 nitrogen and oxygen atoms in total. The molecule has 1 aromatic rings. The molecular weight excluding hydrogens is 252 g/mol. The van der Waals surface area contributed by atoms with E-state index < -0.39 is 0 Å². The van der Waals surface area contributed by atoms with Crippen LogP contribution in [0.3, 0.4) is 0 Å². The Bertz CT molecular complexity index is 517. The van der Waals surface area contributed by atoms with Crippen LogP contribution in [-0.4, -0.2) is 24.4 Å². The van der Waals surface area contributed by atoms with Crippen LogP contribution >= 0.6 is 0 Å². The van der Waals surface area contributed by atoms with E-state index in [0.717, 1.165) is 19.3 Å². The number of carbonyl (C=O) groups is 2. The average molecular weight is 272 g/mol. The summed E-state index contributed by atoms with van der Waals surface area (Å²) >= 11 is 0. The van der Waals surface area contributed by atoms with Gasteiger partial charge in [0, 0.05) is 19.0 Å². The lowest BCUT2D eigenvalue weighted by molar-refractivity contribution is -0.129. The molecule has 0 radical (unpaired) electrons. The predicted octanol–water partition coefficient (Wildman–Crippen LogP) is 1.19. The van der Waals surface area contributed by atoms with Crippen molar-refractivity contribution < 1.29 is 9.59 Å². The van der Waals surface area contributed by atoms with E-state index in [4.69, 9.17) is 0 Å². The zero-order chi connectivity index (χ0) is 13.9. The third kappa shape index (κ3) is 2.84. The number of fused-ring (bicyclic) bond motifs is 1. The molecule has 0 saturated carbocycles. The Kier molecular flexibility index (Phi) is 3.72. The molecule has 20 heavy (non-hydrogen) atoms. The summed E-state index contributed by atoms with van der Waals surface area (Å²) in [4.78, 5) is 23.3. The van der Waals surface area contributed by atoms with Crippen molar-refractivity contribution in [3.05, 3.63) is 35.4 Å². The van der Waals surface area contributed by atoms with Crippen LogP contribution in [-0.2, 0) is 22.4 Å². The minimum atomic E-state index is -0.0649. The van der Waals surface area contributed by atoms with E-state index in [-0.39, 0.29) is 23.8 Å². The van der Waals surface area contributed by atoms with E-state index in [1.165, 1.54) is 11.1 Å². The Labute approximate surface area is 118 Å². The van der Waals surface area contributed by atoms with Crippen molar-refractivity contribution in [2.75, 3.05) is 6.54 Å². The molecule has 0 aromatic heterocycles. The topological polar surface area (TPSA) is 58.2 Å². The number of piperidine rings is 1. The van der Waals surface area contributed by atoms with Crippen LogP contribution < -0.4 is 10.6 Å². The molecule has 2 N–H and O–H groups in total. The van der Waals surface area contributed by atoms with Gasteiger partial charge in [0.2, 0.25) is 11.8 Å². The van der Waals surface area contributed by atoms with Gasteiger partial charge in [0.05, 0.1) is 5.92 Å². The molecule has 0 spiro atoms. The second-order valence-electron chi connectivity index (χ2n) is 5.76. The molecule has 2 aliphatic rings. The van der Waals surface area contributed by atoms with Gasteiger partial charge in [-0.05, 0) is 36.8 Å². The number of hydrogen-bond acceptors (Lipinski definition) is 2. The van der Waals surface area contributed by atoms with Crippen LogP contribution in [0.25, 0.3) is 0 Å². The van der Waals surface area contributed by atoms with Crippen LogP contribution in [0.2, 0.25) is 0 Å². The number of nitrogens with one attached hydrogen (secondary N) is 2. The van der Waals surface area contributed by atoms with Gasteiger partial charge in [-0.3, -0.25) is 9.59 Å². The molecule has 1 aromatic carbocycles. The molecule has 106 valence electrons. The maximum atomic E-state index is 12.2. The third-order valence-electron chi connectivity index (χ3n) is 4.33. The highest BCUT2D eigenvalue weighted by molar-refractivity contribution is 5.83. The molecule has 1 heterocycles. The zero-order valence-corrected chi connectivity index (χ0v) is 11.5. The Morgan fingerprint density at radius 1 is 1.15 bits per heavy atom. The highest BCUT2D eigenvalue weighted by Gasteiger charge is 2.27. The van der Waals surface area contributed by atoms with Gasteiger partial charge < -0.3 is 10.6 Å². The third-order valence-corrected chi connectivity index (χ3v) is 4.33. The molecule has 0 bridgehead atoms. The Balaban J connectivity index is 1.57. The van der Waals surface area contributed by atoms with E-state index in [1.807, 2.05) is 0 Å². The fourth-order valence-electron chi connectivity index (χ4n) is 3.10. The van der Waals surface area contributed by atoms with Crippen LogP contribution in [0.4, 0.5) is 0 Å². The predicted molar refractivity (Wildman–Crippen MR) is 76.1 cm³/mol. The smallest absolute Gasteiger partial charge is 0.225 e. The van der Waals surface area contributed by atoms with Gasteiger partial charge in [-0.25, -0.2) is 0 Å². The van der Waals surface area contributed by atoms with Crippen molar-refractivity contribution >= 4 is 11.8 Å². The first-order valence-corrected chi connectivity index (χ1v) is 7.36. The molecule has 3 rings (SSSR count). The van der Waals surface area contributed by atoms with Crippen molar-refractivity contribution in [3.63, 3.8) is 0 Å². The van der Waals surface area contributed by atoms with Crippen LogP contribution in [0, 0.1) is 5.92 Å². The molecule has 2 atom stereocenters. The highest BCUT2D eigenvalue weighted by Crippen LogP contribution is 2.21. The Morgan fingerprint density at radius 2 is 1.95 bits per heavy atom. The molecule has 1 aliphatic heterocycles. The van der Waals surface area contributed by atoms with Gasteiger partial charge >= 0.3 is 0 Å².